The van der Waals surface area contributed by atoms with Crippen molar-refractivity contribution in [3.05, 3.63) is 35.6 Å². The van der Waals surface area contributed by atoms with Crippen molar-refractivity contribution in [1.82, 2.24) is 4.90 Å². The Kier molecular flexibility index (Phi) is 6.71. The Bertz CT molecular complexity index is 388. The van der Waals surface area contributed by atoms with E-state index in [1.54, 1.807) is 12.1 Å². The van der Waals surface area contributed by atoms with Crippen LogP contribution < -0.4 is 0 Å². The molecule has 0 bridgehead atoms. The molecule has 0 saturated carbocycles. The highest BCUT2D eigenvalue weighted by Gasteiger charge is 2.10. The van der Waals surface area contributed by atoms with Crippen LogP contribution in [0.25, 0.3) is 0 Å². The molecule has 0 aliphatic rings. The molecule has 0 amide bonds. The molecule has 106 valence electrons. The molecular formula is C16H24FNO. The van der Waals surface area contributed by atoms with E-state index in [1.165, 1.54) is 25.0 Å². The van der Waals surface area contributed by atoms with Gasteiger partial charge in [0.2, 0.25) is 0 Å². The lowest BCUT2D eigenvalue weighted by Crippen LogP contribution is -2.30. The fraction of sp³-hybridized carbons (Fsp3) is 0.562. The standard InChI is InChI=1S/C16H24FNO/c1-4-6-13(2)18(3)12-5-7-16(19)14-8-10-15(17)11-9-14/h8-11,13H,4-7,12H2,1-3H3. The summed E-state index contributed by atoms with van der Waals surface area (Å²) in [5.41, 5.74) is 0.602. The molecule has 1 atom stereocenters. The summed E-state index contributed by atoms with van der Waals surface area (Å²) < 4.78 is 12.8. The molecule has 0 aliphatic heterocycles. The van der Waals surface area contributed by atoms with E-state index in [2.05, 4.69) is 25.8 Å². The SMILES string of the molecule is CCCC(C)N(C)CCCC(=O)c1ccc(F)cc1. The lowest BCUT2D eigenvalue weighted by Gasteiger charge is -2.24. The molecule has 0 heterocycles. The van der Waals surface area contributed by atoms with Gasteiger partial charge in [0.1, 0.15) is 5.82 Å². The quantitative estimate of drug-likeness (QED) is 0.664. The zero-order valence-corrected chi connectivity index (χ0v) is 12.2. The zero-order chi connectivity index (χ0) is 14.3. The second kappa shape index (κ2) is 8.05. The topological polar surface area (TPSA) is 20.3 Å². The normalized spacial score (nSPS) is 12.7. The van der Waals surface area contributed by atoms with Crippen LogP contribution in [0, 0.1) is 5.82 Å². The van der Waals surface area contributed by atoms with Gasteiger partial charge in [0.15, 0.2) is 5.78 Å². The molecule has 0 N–H and O–H groups in total. The van der Waals surface area contributed by atoms with Gasteiger partial charge in [-0.15, -0.1) is 0 Å². The Labute approximate surface area is 115 Å². The van der Waals surface area contributed by atoms with E-state index in [-0.39, 0.29) is 11.6 Å². The number of hydrogen-bond donors (Lipinski definition) is 0. The number of halogens is 1. The predicted octanol–water partition coefficient (Wildman–Crippen LogP) is 3.91. The molecule has 19 heavy (non-hydrogen) atoms. The molecule has 1 aromatic rings. The minimum Gasteiger partial charge on any atom is -0.304 e. The highest BCUT2D eigenvalue weighted by atomic mass is 19.1. The van der Waals surface area contributed by atoms with Crippen LogP contribution in [0.15, 0.2) is 24.3 Å². The summed E-state index contributed by atoms with van der Waals surface area (Å²) >= 11 is 0. The fourth-order valence-electron chi connectivity index (χ4n) is 2.13. The van der Waals surface area contributed by atoms with Gasteiger partial charge in [-0.1, -0.05) is 13.3 Å². The third kappa shape index (κ3) is 5.52. The van der Waals surface area contributed by atoms with Crippen LogP contribution in [0.1, 0.15) is 49.9 Å². The summed E-state index contributed by atoms with van der Waals surface area (Å²) in [6, 6.07) is 6.35. The number of benzene rings is 1. The first-order valence-corrected chi connectivity index (χ1v) is 7.03. The minimum atomic E-state index is -0.301. The van der Waals surface area contributed by atoms with E-state index < -0.39 is 0 Å². The fourth-order valence-corrected chi connectivity index (χ4v) is 2.13. The average molecular weight is 265 g/mol. The number of hydrogen-bond acceptors (Lipinski definition) is 2. The maximum absolute atomic E-state index is 12.8. The number of carbonyl (C=O) groups excluding carboxylic acids is 1. The Hall–Kier alpha value is -1.22. The summed E-state index contributed by atoms with van der Waals surface area (Å²) in [5, 5.41) is 0. The van der Waals surface area contributed by atoms with Crippen LogP contribution in [0.2, 0.25) is 0 Å². The molecule has 1 rings (SSSR count). The van der Waals surface area contributed by atoms with Gasteiger partial charge in [-0.3, -0.25) is 4.79 Å². The summed E-state index contributed by atoms with van der Waals surface area (Å²) in [6.45, 7) is 5.32. The van der Waals surface area contributed by atoms with Crippen molar-refractivity contribution in [3.63, 3.8) is 0 Å². The predicted molar refractivity (Wildman–Crippen MR) is 77.0 cm³/mol. The van der Waals surface area contributed by atoms with Gasteiger partial charge in [0.25, 0.3) is 0 Å². The zero-order valence-electron chi connectivity index (χ0n) is 12.2. The van der Waals surface area contributed by atoms with E-state index in [0.717, 1.165) is 13.0 Å². The van der Waals surface area contributed by atoms with Crippen molar-refractivity contribution in [1.29, 1.82) is 0 Å². The van der Waals surface area contributed by atoms with Gasteiger partial charge in [-0.25, -0.2) is 4.39 Å². The summed E-state index contributed by atoms with van der Waals surface area (Å²) in [4.78, 5) is 14.2. The lowest BCUT2D eigenvalue weighted by molar-refractivity contribution is 0.0973. The molecule has 0 aliphatic carbocycles. The number of ketones is 1. The van der Waals surface area contributed by atoms with Crippen LogP contribution in [-0.4, -0.2) is 30.3 Å². The van der Waals surface area contributed by atoms with Crippen molar-refractivity contribution < 1.29 is 9.18 Å². The highest BCUT2D eigenvalue weighted by Crippen LogP contribution is 2.09. The summed E-state index contributed by atoms with van der Waals surface area (Å²) in [7, 11) is 2.10. The summed E-state index contributed by atoms with van der Waals surface area (Å²) in [5.74, 6) is -0.207. The van der Waals surface area contributed by atoms with E-state index in [0.29, 0.717) is 18.0 Å². The van der Waals surface area contributed by atoms with Gasteiger partial charge < -0.3 is 4.90 Å². The molecule has 3 heteroatoms. The molecule has 0 saturated heterocycles. The van der Waals surface area contributed by atoms with Gasteiger partial charge in [0.05, 0.1) is 0 Å². The number of nitrogens with zero attached hydrogens (tertiary/aromatic N) is 1. The van der Waals surface area contributed by atoms with Crippen molar-refractivity contribution >= 4 is 5.78 Å². The third-order valence-corrected chi connectivity index (χ3v) is 3.54. The smallest absolute Gasteiger partial charge is 0.162 e. The van der Waals surface area contributed by atoms with Crippen molar-refractivity contribution in [2.45, 2.75) is 45.6 Å². The maximum Gasteiger partial charge on any atom is 0.162 e. The first-order chi connectivity index (χ1) is 9.04. The van der Waals surface area contributed by atoms with Crippen LogP contribution in [0.4, 0.5) is 4.39 Å². The molecular weight excluding hydrogens is 241 g/mol. The molecule has 1 unspecified atom stereocenters. The Morgan fingerprint density at radius 2 is 1.95 bits per heavy atom. The molecule has 1 aromatic carbocycles. The van der Waals surface area contributed by atoms with Gasteiger partial charge in [0, 0.05) is 18.0 Å². The molecule has 0 fully saturated rings. The third-order valence-electron chi connectivity index (χ3n) is 3.54. The van der Waals surface area contributed by atoms with E-state index >= 15 is 0 Å². The van der Waals surface area contributed by atoms with Gasteiger partial charge >= 0.3 is 0 Å². The van der Waals surface area contributed by atoms with E-state index in [9.17, 15) is 9.18 Å². The molecule has 0 aromatic heterocycles. The van der Waals surface area contributed by atoms with Crippen LogP contribution >= 0.6 is 0 Å². The lowest BCUT2D eigenvalue weighted by atomic mass is 10.1. The van der Waals surface area contributed by atoms with Crippen molar-refractivity contribution in [2.24, 2.45) is 0 Å². The number of rotatable bonds is 8. The second-order valence-electron chi connectivity index (χ2n) is 5.15. The first kappa shape index (κ1) is 15.8. The largest absolute Gasteiger partial charge is 0.304 e. The molecule has 0 spiro atoms. The Morgan fingerprint density at radius 1 is 1.32 bits per heavy atom. The second-order valence-corrected chi connectivity index (χ2v) is 5.15. The van der Waals surface area contributed by atoms with Gasteiger partial charge in [-0.05, 0) is 57.6 Å². The Morgan fingerprint density at radius 3 is 2.53 bits per heavy atom. The van der Waals surface area contributed by atoms with Crippen molar-refractivity contribution in [2.75, 3.05) is 13.6 Å². The summed E-state index contributed by atoms with van der Waals surface area (Å²) in [6.07, 6.45) is 3.73. The van der Waals surface area contributed by atoms with E-state index in [4.69, 9.17) is 0 Å². The van der Waals surface area contributed by atoms with Gasteiger partial charge in [-0.2, -0.15) is 0 Å². The monoisotopic (exact) mass is 265 g/mol. The highest BCUT2D eigenvalue weighted by molar-refractivity contribution is 5.95. The maximum atomic E-state index is 12.8. The van der Waals surface area contributed by atoms with Crippen LogP contribution in [-0.2, 0) is 0 Å². The van der Waals surface area contributed by atoms with Crippen molar-refractivity contribution in [3.8, 4) is 0 Å². The average Bonchev–Trinajstić information content (AvgIpc) is 2.39. The van der Waals surface area contributed by atoms with E-state index in [1.807, 2.05) is 0 Å². The first-order valence-electron chi connectivity index (χ1n) is 7.03. The molecule has 2 nitrogen and oxygen atoms in total. The minimum absolute atomic E-state index is 0.0940. The number of Topliss-reactive ketones (excluding diaryl/α,β-unsaturated/α-hetero) is 1. The van der Waals surface area contributed by atoms with Crippen LogP contribution in [0.3, 0.4) is 0 Å². The molecule has 0 radical (unpaired) electrons. The van der Waals surface area contributed by atoms with Crippen LogP contribution in [0.5, 0.6) is 0 Å². The Balaban J connectivity index is 2.33. The number of carbonyl (C=O) groups is 1.